The van der Waals surface area contributed by atoms with E-state index in [-0.39, 0.29) is 28.7 Å². The lowest BCUT2D eigenvalue weighted by Gasteiger charge is -2.24. The molecule has 2 aliphatic rings. The molecular formula is C18H15BrN2O3S2. The van der Waals surface area contributed by atoms with Crippen LogP contribution in [0.2, 0.25) is 0 Å². The third-order valence-electron chi connectivity index (χ3n) is 4.39. The van der Waals surface area contributed by atoms with E-state index in [1.807, 2.05) is 35.2 Å². The molecule has 0 saturated carbocycles. The van der Waals surface area contributed by atoms with E-state index in [2.05, 4.69) is 20.9 Å². The predicted molar refractivity (Wildman–Crippen MR) is 109 cm³/mol. The molecule has 0 radical (unpaired) electrons. The topological polar surface area (TPSA) is 66.8 Å². The summed E-state index contributed by atoms with van der Waals surface area (Å²) in [6, 6.07) is 16.3. The molecule has 0 spiro atoms. The second kappa shape index (κ2) is 6.83. The summed E-state index contributed by atoms with van der Waals surface area (Å²) in [4.78, 5) is 18.8. The first kappa shape index (κ1) is 17.8. The highest BCUT2D eigenvalue weighted by Crippen LogP contribution is 2.40. The van der Waals surface area contributed by atoms with Gasteiger partial charge in [-0.2, -0.15) is 4.99 Å². The zero-order valence-corrected chi connectivity index (χ0v) is 16.8. The number of carbonyl (C=O) groups excluding carboxylic acids is 1. The summed E-state index contributed by atoms with van der Waals surface area (Å²) in [5, 5.41) is 0.464. The number of amides is 1. The monoisotopic (exact) mass is 450 g/mol. The van der Waals surface area contributed by atoms with Crippen molar-refractivity contribution in [3.63, 3.8) is 0 Å². The number of halogens is 1. The van der Waals surface area contributed by atoms with E-state index in [9.17, 15) is 13.2 Å². The number of hydrogen-bond donors (Lipinski definition) is 0. The Morgan fingerprint density at radius 3 is 2.46 bits per heavy atom. The van der Waals surface area contributed by atoms with E-state index >= 15 is 0 Å². The van der Waals surface area contributed by atoms with Gasteiger partial charge in [0.15, 0.2) is 15.0 Å². The van der Waals surface area contributed by atoms with Crippen LogP contribution in [-0.2, 0) is 9.84 Å². The van der Waals surface area contributed by atoms with E-state index in [1.165, 1.54) is 11.8 Å². The zero-order chi connectivity index (χ0) is 18.3. The molecule has 4 rings (SSSR count). The second-order valence-electron chi connectivity index (χ2n) is 6.21. The van der Waals surface area contributed by atoms with Crippen LogP contribution in [0, 0.1) is 0 Å². The van der Waals surface area contributed by atoms with Crippen molar-refractivity contribution >= 4 is 54.3 Å². The number of para-hydroxylation sites is 1. The van der Waals surface area contributed by atoms with Crippen molar-refractivity contribution < 1.29 is 13.2 Å². The molecule has 0 aromatic heterocycles. The summed E-state index contributed by atoms with van der Waals surface area (Å²) in [7, 11) is -3.06. The van der Waals surface area contributed by atoms with Crippen LogP contribution < -0.4 is 4.90 Å². The van der Waals surface area contributed by atoms with Crippen LogP contribution in [0.3, 0.4) is 0 Å². The van der Waals surface area contributed by atoms with Crippen LogP contribution in [0.15, 0.2) is 64.1 Å². The molecular weight excluding hydrogens is 436 g/mol. The van der Waals surface area contributed by atoms with Crippen LogP contribution >= 0.6 is 27.7 Å². The van der Waals surface area contributed by atoms with Crippen LogP contribution in [-0.4, -0.2) is 42.3 Å². The average Bonchev–Trinajstić information content (AvgIpc) is 3.07. The Balaban J connectivity index is 1.70. The molecule has 26 heavy (non-hydrogen) atoms. The highest BCUT2D eigenvalue weighted by Gasteiger charge is 2.49. The highest BCUT2D eigenvalue weighted by atomic mass is 79.9. The molecule has 0 N–H and O–H groups in total. The fourth-order valence-corrected chi connectivity index (χ4v) is 7.38. The van der Waals surface area contributed by atoms with Crippen molar-refractivity contribution in [1.82, 2.24) is 0 Å². The molecule has 2 heterocycles. The molecule has 8 heteroatoms. The van der Waals surface area contributed by atoms with E-state index < -0.39 is 9.84 Å². The fourth-order valence-electron chi connectivity index (χ4n) is 3.20. The van der Waals surface area contributed by atoms with E-state index in [0.717, 1.165) is 10.2 Å². The second-order valence-corrected chi connectivity index (χ2v) is 10.5. The number of rotatable bonds is 2. The molecule has 0 bridgehead atoms. The minimum Gasteiger partial charge on any atom is -0.316 e. The number of amidine groups is 1. The van der Waals surface area contributed by atoms with E-state index in [4.69, 9.17) is 0 Å². The molecule has 2 aromatic rings. The number of fused-ring (bicyclic) bond motifs is 1. The zero-order valence-electron chi connectivity index (χ0n) is 13.6. The van der Waals surface area contributed by atoms with Crippen LogP contribution in [0.1, 0.15) is 10.4 Å². The first-order valence-electron chi connectivity index (χ1n) is 8.03. The summed E-state index contributed by atoms with van der Waals surface area (Å²) in [6.45, 7) is 0. The van der Waals surface area contributed by atoms with Crippen molar-refractivity contribution in [3.8, 4) is 0 Å². The summed E-state index contributed by atoms with van der Waals surface area (Å²) in [6.07, 6.45) is 0. The number of benzene rings is 2. The molecule has 2 atom stereocenters. The maximum atomic E-state index is 12.6. The van der Waals surface area contributed by atoms with E-state index in [1.54, 1.807) is 24.3 Å². The normalized spacial score (nSPS) is 25.4. The number of carbonyl (C=O) groups is 1. The summed E-state index contributed by atoms with van der Waals surface area (Å²) < 4.78 is 25.0. The lowest BCUT2D eigenvalue weighted by Crippen LogP contribution is -2.37. The quantitative estimate of drug-likeness (QED) is 0.701. The first-order chi connectivity index (χ1) is 12.4. The molecule has 0 unspecified atom stereocenters. The van der Waals surface area contributed by atoms with Crippen LogP contribution in [0.4, 0.5) is 5.69 Å². The van der Waals surface area contributed by atoms with Crippen molar-refractivity contribution in [2.75, 3.05) is 16.4 Å². The molecule has 2 fully saturated rings. The molecule has 134 valence electrons. The summed E-state index contributed by atoms with van der Waals surface area (Å²) >= 11 is 4.73. The number of thioether (sulfide) groups is 1. The Labute approximate surface area is 164 Å². The third kappa shape index (κ3) is 3.45. The Morgan fingerprint density at radius 1 is 1.08 bits per heavy atom. The molecule has 1 amide bonds. The van der Waals surface area contributed by atoms with Gasteiger partial charge >= 0.3 is 0 Å². The Hall–Kier alpha value is -1.64. The SMILES string of the molecule is O=C(N=C1S[C@@H]2CS(=O)(=O)C[C@@H]2N1c1ccccc1)c1ccc(Br)cc1. The molecule has 2 aromatic carbocycles. The van der Waals surface area contributed by atoms with E-state index in [0.29, 0.717) is 10.7 Å². The maximum Gasteiger partial charge on any atom is 0.279 e. The van der Waals surface area contributed by atoms with Gasteiger partial charge in [0.25, 0.3) is 5.91 Å². The van der Waals surface area contributed by atoms with Gasteiger partial charge in [0, 0.05) is 21.0 Å². The van der Waals surface area contributed by atoms with Gasteiger partial charge in [0.1, 0.15) is 0 Å². The number of hydrogen-bond acceptors (Lipinski definition) is 4. The lowest BCUT2D eigenvalue weighted by molar-refractivity contribution is 0.100. The smallest absolute Gasteiger partial charge is 0.279 e. The number of nitrogens with zero attached hydrogens (tertiary/aromatic N) is 2. The Bertz CT molecular complexity index is 975. The van der Waals surface area contributed by atoms with Gasteiger partial charge in [-0.3, -0.25) is 4.79 Å². The lowest BCUT2D eigenvalue weighted by atomic mass is 10.2. The fraction of sp³-hybridized carbons (Fsp3) is 0.222. The number of sulfone groups is 1. The Morgan fingerprint density at radius 2 is 1.77 bits per heavy atom. The van der Waals surface area contributed by atoms with Gasteiger partial charge in [-0.05, 0) is 36.4 Å². The first-order valence-corrected chi connectivity index (χ1v) is 11.5. The minimum absolute atomic E-state index is 0.0883. The van der Waals surface area contributed by atoms with Gasteiger partial charge in [0.2, 0.25) is 0 Å². The third-order valence-corrected chi connectivity index (χ3v) is 8.13. The summed E-state index contributed by atoms with van der Waals surface area (Å²) in [5.41, 5.74) is 1.35. The maximum absolute atomic E-state index is 12.6. The largest absolute Gasteiger partial charge is 0.316 e. The number of aliphatic imine (C=N–C) groups is 1. The summed E-state index contributed by atoms with van der Waals surface area (Å²) in [5.74, 6) is -0.119. The Kier molecular flexibility index (Phi) is 4.66. The average molecular weight is 451 g/mol. The van der Waals surface area contributed by atoms with Gasteiger partial charge in [-0.25, -0.2) is 8.42 Å². The number of anilines is 1. The van der Waals surface area contributed by atoms with Crippen LogP contribution in [0.25, 0.3) is 0 Å². The van der Waals surface area contributed by atoms with Gasteiger partial charge in [0.05, 0.1) is 17.5 Å². The van der Waals surface area contributed by atoms with Gasteiger partial charge in [-0.15, -0.1) is 0 Å². The molecule has 0 aliphatic carbocycles. The standard InChI is InChI=1S/C18H15BrN2O3S2/c19-13-8-6-12(7-9-13)17(22)20-18-21(14-4-2-1-3-5-14)15-10-26(23,24)11-16(15)25-18/h1-9,15-16H,10-11H2/t15-,16+/m0/s1. The van der Waals surface area contributed by atoms with Crippen LogP contribution in [0.5, 0.6) is 0 Å². The van der Waals surface area contributed by atoms with Crippen molar-refractivity contribution in [2.24, 2.45) is 4.99 Å². The molecule has 2 aliphatic heterocycles. The molecule has 5 nitrogen and oxygen atoms in total. The van der Waals surface area contributed by atoms with Crippen molar-refractivity contribution in [2.45, 2.75) is 11.3 Å². The van der Waals surface area contributed by atoms with Crippen molar-refractivity contribution in [1.29, 1.82) is 0 Å². The predicted octanol–water partition coefficient (Wildman–Crippen LogP) is 3.36. The highest BCUT2D eigenvalue weighted by molar-refractivity contribution is 9.10. The van der Waals surface area contributed by atoms with Crippen molar-refractivity contribution in [3.05, 3.63) is 64.6 Å². The van der Waals surface area contributed by atoms with Gasteiger partial charge in [-0.1, -0.05) is 45.9 Å². The van der Waals surface area contributed by atoms with Gasteiger partial charge < -0.3 is 4.90 Å². The molecule has 2 saturated heterocycles. The minimum atomic E-state index is -3.06.